The van der Waals surface area contributed by atoms with Gasteiger partial charge in [0.1, 0.15) is 5.75 Å². The lowest BCUT2D eigenvalue weighted by atomic mass is 9.92. The SMILES string of the molecule is CCOc1cc(C)c(/C(C)=C/CC(=O)O)c(C)c1C. The zero-order chi connectivity index (χ0) is 14.6. The van der Waals surface area contributed by atoms with Crippen LogP contribution in [0.3, 0.4) is 0 Å². The molecule has 3 nitrogen and oxygen atoms in total. The molecule has 0 aliphatic heterocycles. The van der Waals surface area contributed by atoms with Crippen LogP contribution in [0.15, 0.2) is 12.1 Å². The van der Waals surface area contributed by atoms with Crippen LogP contribution in [-0.2, 0) is 4.79 Å². The Morgan fingerprint density at radius 1 is 1.32 bits per heavy atom. The van der Waals surface area contributed by atoms with Crippen molar-refractivity contribution < 1.29 is 14.6 Å². The van der Waals surface area contributed by atoms with Gasteiger partial charge in [-0.05, 0) is 68.5 Å². The average Bonchev–Trinajstić information content (AvgIpc) is 2.33. The van der Waals surface area contributed by atoms with Crippen molar-refractivity contribution in [1.82, 2.24) is 0 Å². The number of rotatable bonds is 5. The highest BCUT2D eigenvalue weighted by Gasteiger charge is 2.12. The summed E-state index contributed by atoms with van der Waals surface area (Å²) in [7, 11) is 0. The molecule has 0 saturated carbocycles. The van der Waals surface area contributed by atoms with Crippen LogP contribution >= 0.6 is 0 Å². The van der Waals surface area contributed by atoms with E-state index in [0.717, 1.165) is 33.6 Å². The van der Waals surface area contributed by atoms with Crippen LogP contribution < -0.4 is 4.74 Å². The average molecular weight is 262 g/mol. The van der Waals surface area contributed by atoms with Gasteiger partial charge in [0.15, 0.2) is 0 Å². The first-order chi connectivity index (χ1) is 8.88. The molecular weight excluding hydrogens is 240 g/mol. The summed E-state index contributed by atoms with van der Waals surface area (Å²) in [6.07, 6.45) is 1.81. The smallest absolute Gasteiger partial charge is 0.307 e. The molecular formula is C16H22O3. The fourth-order valence-corrected chi connectivity index (χ4v) is 2.30. The predicted octanol–water partition coefficient (Wildman–Crippen LogP) is 3.89. The molecule has 0 fully saturated rings. The van der Waals surface area contributed by atoms with Crippen LogP contribution in [0.1, 0.15) is 42.5 Å². The van der Waals surface area contributed by atoms with E-state index in [1.54, 1.807) is 6.08 Å². The van der Waals surface area contributed by atoms with E-state index in [-0.39, 0.29) is 6.42 Å². The molecule has 0 saturated heterocycles. The van der Waals surface area contributed by atoms with E-state index >= 15 is 0 Å². The number of aliphatic carboxylic acids is 1. The van der Waals surface area contributed by atoms with Crippen LogP contribution in [0.2, 0.25) is 0 Å². The van der Waals surface area contributed by atoms with Gasteiger partial charge in [0.25, 0.3) is 0 Å². The Bertz CT molecular complexity index is 513. The maximum Gasteiger partial charge on any atom is 0.307 e. The summed E-state index contributed by atoms with van der Waals surface area (Å²) in [5, 5.41) is 8.75. The lowest BCUT2D eigenvalue weighted by Crippen LogP contribution is -2.01. The summed E-state index contributed by atoms with van der Waals surface area (Å²) >= 11 is 0. The number of hydrogen-bond donors (Lipinski definition) is 1. The number of carboxylic acids is 1. The van der Waals surface area contributed by atoms with Crippen LogP contribution in [0.4, 0.5) is 0 Å². The van der Waals surface area contributed by atoms with Crippen LogP contribution in [-0.4, -0.2) is 17.7 Å². The highest BCUT2D eigenvalue weighted by Crippen LogP contribution is 2.32. The number of hydrogen-bond acceptors (Lipinski definition) is 2. The molecule has 0 amide bonds. The Balaban J connectivity index is 3.26. The zero-order valence-electron chi connectivity index (χ0n) is 12.3. The first-order valence-corrected chi connectivity index (χ1v) is 6.51. The molecule has 0 heterocycles. The summed E-state index contributed by atoms with van der Waals surface area (Å²) in [4.78, 5) is 10.6. The normalized spacial score (nSPS) is 11.5. The number of benzene rings is 1. The standard InChI is InChI=1S/C16H22O3/c1-6-19-14-9-11(3)16(13(5)12(14)4)10(2)7-8-15(17)18/h7,9H,6,8H2,1-5H3,(H,17,18)/b10-7+. The molecule has 1 aromatic rings. The number of carbonyl (C=O) groups is 1. The third-order valence-electron chi connectivity index (χ3n) is 3.33. The third-order valence-corrected chi connectivity index (χ3v) is 3.33. The lowest BCUT2D eigenvalue weighted by molar-refractivity contribution is -0.135. The van der Waals surface area contributed by atoms with E-state index in [1.807, 2.05) is 33.8 Å². The minimum atomic E-state index is -0.808. The second-order valence-corrected chi connectivity index (χ2v) is 4.73. The number of allylic oxidation sites excluding steroid dienone is 1. The van der Waals surface area contributed by atoms with Crippen molar-refractivity contribution in [2.45, 2.75) is 41.0 Å². The summed E-state index contributed by atoms with van der Waals surface area (Å²) in [6.45, 7) is 10.7. The molecule has 0 aromatic heterocycles. The van der Waals surface area contributed by atoms with Crippen LogP contribution in [0.25, 0.3) is 5.57 Å². The van der Waals surface area contributed by atoms with Gasteiger partial charge >= 0.3 is 5.97 Å². The van der Waals surface area contributed by atoms with Gasteiger partial charge in [-0.25, -0.2) is 0 Å². The Morgan fingerprint density at radius 2 is 1.95 bits per heavy atom. The fraction of sp³-hybridized carbons (Fsp3) is 0.438. The molecule has 3 heteroatoms. The van der Waals surface area contributed by atoms with Crippen molar-refractivity contribution in [2.24, 2.45) is 0 Å². The monoisotopic (exact) mass is 262 g/mol. The Kier molecular flexibility index (Phi) is 5.16. The Morgan fingerprint density at radius 3 is 2.47 bits per heavy atom. The summed E-state index contributed by atoms with van der Waals surface area (Å²) in [5.41, 5.74) is 5.52. The van der Waals surface area contributed by atoms with Crippen molar-refractivity contribution >= 4 is 11.5 Å². The van der Waals surface area contributed by atoms with E-state index in [2.05, 4.69) is 6.92 Å². The quantitative estimate of drug-likeness (QED) is 0.875. The summed E-state index contributed by atoms with van der Waals surface area (Å²) in [5.74, 6) is 0.101. The third kappa shape index (κ3) is 3.60. The molecule has 0 bridgehead atoms. The molecule has 0 atom stereocenters. The molecule has 1 N–H and O–H groups in total. The van der Waals surface area contributed by atoms with Crippen LogP contribution in [0.5, 0.6) is 5.75 Å². The number of aryl methyl sites for hydroxylation is 1. The van der Waals surface area contributed by atoms with Crippen molar-refractivity contribution in [3.63, 3.8) is 0 Å². The van der Waals surface area contributed by atoms with E-state index in [9.17, 15) is 4.79 Å². The molecule has 104 valence electrons. The first kappa shape index (κ1) is 15.3. The molecule has 1 aromatic carbocycles. The Hall–Kier alpha value is -1.77. The molecule has 0 aliphatic rings. The second-order valence-electron chi connectivity index (χ2n) is 4.73. The van der Waals surface area contributed by atoms with Crippen molar-refractivity contribution in [3.05, 3.63) is 34.4 Å². The van der Waals surface area contributed by atoms with Gasteiger partial charge in [-0.3, -0.25) is 4.79 Å². The van der Waals surface area contributed by atoms with Gasteiger partial charge in [0, 0.05) is 0 Å². The van der Waals surface area contributed by atoms with Gasteiger partial charge in [-0.1, -0.05) is 6.08 Å². The topological polar surface area (TPSA) is 46.5 Å². The lowest BCUT2D eigenvalue weighted by Gasteiger charge is -2.17. The Labute approximate surface area is 114 Å². The minimum absolute atomic E-state index is 0.0526. The fourth-order valence-electron chi connectivity index (χ4n) is 2.30. The van der Waals surface area contributed by atoms with Gasteiger partial charge in [-0.15, -0.1) is 0 Å². The molecule has 0 radical (unpaired) electrons. The molecule has 0 spiro atoms. The maximum atomic E-state index is 10.6. The highest BCUT2D eigenvalue weighted by molar-refractivity contribution is 5.76. The second kappa shape index (κ2) is 6.41. The molecule has 19 heavy (non-hydrogen) atoms. The van der Waals surface area contributed by atoms with Crippen molar-refractivity contribution in [2.75, 3.05) is 6.61 Å². The summed E-state index contributed by atoms with van der Waals surface area (Å²) < 4.78 is 5.62. The summed E-state index contributed by atoms with van der Waals surface area (Å²) in [6, 6.07) is 2.03. The largest absolute Gasteiger partial charge is 0.494 e. The van der Waals surface area contributed by atoms with E-state index in [1.165, 1.54) is 0 Å². The molecule has 1 rings (SSSR count). The zero-order valence-corrected chi connectivity index (χ0v) is 12.3. The predicted molar refractivity (Wildman–Crippen MR) is 77.7 cm³/mol. The molecule has 0 unspecified atom stereocenters. The van der Waals surface area contributed by atoms with Gasteiger partial charge in [0.05, 0.1) is 13.0 Å². The maximum absolute atomic E-state index is 10.6. The van der Waals surface area contributed by atoms with Gasteiger partial charge in [0.2, 0.25) is 0 Å². The van der Waals surface area contributed by atoms with Gasteiger partial charge < -0.3 is 9.84 Å². The highest BCUT2D eigenvalue weighted by atomic mass is 16.5. The number of carboxylic acid groups (broad SMARTS) is 1. The van der Waals surface area contributed by atoms with Crippen molar-refractivity contribution in [3.8, 4) is 5.75 Å². The van der Waals surface area contributed by atoms with Crippen LogP contribution in [0, 0.1) is 20.8 Å². The molecule has 0 aliphatic carbocycles. The minimum Gasteiger partial charge on any atom is -0.494 e. The van der Waals surface area contributed by atoms with E-state index < -0.39 is 5.97 Å². The van der Waals surface area contributed by atoms with E-state index in [4.69, 9.17) is 9.84 Å². The van der Waals surface area contributed by atoms with E-state index in [0.29, 0.717) is 6.61 Å². The first-order valence-electron chi connectivity index (χ1n) is 6.51. The number of ether oxygens (including phenoxy) is 1. The van der Waals surface area contributed by atoms with Crippen molar-refractivity contribution in [1.29, 1.82) is 0 Å². The van der Waals surface area contributed by atoms with Gasteiger partial charge in [-0.2, -0.15) is 0 Å².